The first-order chi connectivity index (χ1) is 12.5. The predicted molar refractivity (Wildman–Crippen MR) is 101 cm³/mol. The van der Waals surface area contributed by atoms with E-state index in [0.29, 0.717) is 24.2 Å². The summed E-state index contributed by atoms with van der Waals surface area (Å²) in [5.41, 5.74) is 2.64. The maximum atomic E-state index is 10.1. The van der Waals surface area contributed by atoms with Crippen molar-refractivity contribution in [3.63, 3.8) is 0 Å². The largest absolute Gasteiger partial charge is 0.507 e. The van der Waals surface area contributed by atoms with Crippen molar-refractivity contribution in [1.82, 2.24) is 9.80 Å². The summed E-state index contributed by atoms with van der Waals surface area (Å²) >= 11 is 0. The van der Waals surface area contributed by atoms with Crippen LogP contribution in [0.1, 0.15) is 22.3 Å². The van der Waals surface area contributed by atoms with E-state index in [0.717, 1.165) is 24.2 Å². The SMILES string of the molecule is CN(CCN(C)Cc1cccc(CO)c1O)Cc1cccc(CO)c1O. The third kappa shape index (κ3) is 5.19. The summed E-state index contributed by atoms with van der Waals surface area (Å²) < 4.78 is 0. The molecule has 0 aliphatic carbocycles. The molecule has 0 bridgehead atoms. The minimum atomic E-state index is -0.178. The third-order valence-electron chi connectivity index (χ3n) is 4.49. The highest BCUT2D eigenvalue weighted by Crippen LogP contribution is 2.24. The smallest absolute Gasteiger partial charge is 0.125 e. The number of likely N-dealkylation sites (N-methyl/N-ethyl adjacent to an activating group) is 2. The molecule has 2 aromatic rings. The van der Waals surface area contributed by atoms with Crippen LogP contribution in [0.4, 0.5) is 0 Å². The Morgan fingerprint density at radius 2 is 1.00 bits per heavy atom. The van der Waals surface area contributed by atoms with Crippen LogP contribution >= 0.6 is 0 Å². The Balaban J connectivity index is 1.88. The maximum absolute atomic E-state index is 10.1. The lowest BCUT2D eigenvalue weighted by Gasteiger charge is -2.23. The van der Waals surface area contributed by atoms with Gasteiger partial charge in [-0.25, -0.2) is 0 Å². The standard InChI is InChI=1S/C20H28N2O4/c1-21(11-15-5-3-7-17(13-23)19(15)25)9-10-22(2)12-16-6-4-8-18(14-24)20(16)26/h3-8,23-26H,9-14H2,1-2H3. The summed E-state index contributed by atoms with van der Waals surface area (Å²) in [7, 11) is 3.95. The number of rotatable bonds is 9. The molecular formula is C20H28N2O4. The first kappa shape index (κ1) is 20.2. The van der Waals surface area contributed by atoms with Gasteiger partial charge in [0.2, 0.25) is 0 Å². The zero-order valence-corrected chi connectivity index (χ0v) is 15.4. The molecule has 0 aromatic heterocycles. The number of hydrogen-bond donors (Lipinski definition) is 4. The quantitative estimate of drug-likeness (QED) is 0.544. The molecule has 0 saturated carbocycles. The van der Waals surface area contributed by atoms with Gasteiger partial charge in [-0.3, -0.25) is 0 Å². The Kier molecular flexibility index (Phi) is 7.41. The molecule has 26 heavy (non-hydrogen) atoms. The van der Waals surface area contributed by atoms with Gasteiger partial charge in [-0.1, -0.05) is 36.4 Å². The van der Waals surface area contributed by atoms with E-state index in [4.69, 9.17) is 0 Å². The summed E-state index contributed by atoms with van der Waals surface area (Å²) in [5, 5.41) is 38.8. The van der Waals surface area contributed by atoms with Crippen molar-refractivity contribution in [3.8, 4) is 11.5 Å². The molecule has 0 saturated heterocycles. The molecule has 6 heteroatoms. The van der Waals surface area contributed by atoms with Gasteiger partial charge in [-0.05, 0) is 14.1 Å². The van der Waals surface area contributed by atoms with Gasteiger partial charge < -0.3 is 30.2 Å². The van der Waals surface area contributed by atoms with Crippen LogP contribution in [0.5, 0.6) is 11.5 Å². The zero-order valence-electron chi connectivity index (χ0n) is 15.4. The van der Waals surface area contributed by atoms with Crippen LogP contribution in [0.2, 0.25) is 0 Å². The van der Waals surface area contributed by atoms with Crippen LogP contribution in [0.15, 0.2) is 36.4 Å². The summed E-state index contributed by atoms with van der Waals surface area (Å²) in [6.45, 7) is 2.36. The number of aliphatic hydroxyl groups is 2. The molecule has 0 heterocycles. The van der Waals surface area contributed by atoms with Crippen LogP contribution in [0.3, 0.4) is 0 Å². The normalized spacial score (nSPS) is 11.5. The lowest BCUT2D eigenvalue weighted by Crippen LogP contribution is -2.30. The molecule has 0 radical (unpaired) electrons. The highest BCUT2D eigenvalue weighted by Gasteiger charge is 2.11. The molecule has 0 unspecified atom stereocenters. The highest BCUT2D eigenvalue weighted by atomic mass is 16.3. The Hall–Kier alpha value is -2.12. The van der Waals surface area contributed by atoms with Crippen molar-refractivity contribution >= 4 is 0 Å². The Morgan fingerprint density at radius 3 is 1.35 bits per heavy atom. The topological polar surface area (TPSA) is 87.4 Å². The molecule has 6 nitrogen and oxygen atoms in total. The van der Waals surface area contributed by atoms with E-state index in [1.54, 1.807) is 12.1 Å². The van der Waals surface area contributed by atoms with Gasteiger partial charge in [0.1, 0.15) is 11.5 Å². The van der Waals surface area contributed by atoms with Crippen LogP contribution in [0, 0.1) is 0 Å². The summed E-state index contributed by atoms with van der Waals surface area (Å²) in [4.78, 5) is 4.19. The van der Waals surface area contributed by atoms with E-state index >= 15 is 0 Å². The van der Waals surface area contributed by atoms with Gasteiger partial charge in [0, 0.05) is 48.4 Å². The summed E-state index contributed by atoms with van der Waals surface area (Å²) in [5.74, 6) is 0.307. The lowest BCUT2D eigenvalue weighted by molar-refractivity contribution is 0.241. The number of para-hydroxylation sites is 2. The fraction of sp³-hybridized carbons (Fsp3) is 0.400. The number of nitrogens with zero attached hydrogens (tertiary/aromatic N) is 2. The second-order valence-corrected chi connectivity index (χ2v) is 6.64. The Labute approximate surface area is 154 Å². The Bertz CT molecular complexity index is 659. The predicted octanol–water partition coefficient (Wildman–Crippen LogP) is 1.65. The van der Waals surface area contributed by atoms with Crippen molar-refractivity contribution in [1.29, 1.82) is 0 Å². The van der Waals surface area contributed by atoms with Crippen LogP contribution in [0.25, 0.3) is 0 Å². The maximum Gasteiger partial charge on any atom is 0.125 e. The molecular weight excluding hydrogens is 332 g/mol. The number of benzene rings is 2. The number of aromatic hydroxyl groups is 2. The number of aliphatic hydroxyl groups excluding tert-OH is 2. The number of phenols is 2. The molecule has 0 amide bonds. The van der Waals surface area contributed by atoms with Crippen LogP contribution < -0.4 is 0 Å². The monoisotopic (exact) mass is 360 g/mol. The average molecular weight is 360 g/mol. The van der Waals surface area contributed by atoms with Crippen molar-refractivity contribution in [2.45, 2.75) is 26.3 Å². The van der Waals surface area contributed by atoms with Gasteiger partial charge in [-0.2, -0.15) is 0 Å². The van der Waals surface area contributed by atoms with E-state index < -0.39 is 0 Å². The second-order valence-electron chi connectivity index (χ2n) is 6.64. The van der Waals surface area contributed by atoms with Gasteiger partial charge in [0.15, 0.2) is 0 Å². The third-order valence-corrected chi connectivity index (χ3v) is 4.49. The molecule has 0 aliphatic heterocycles. The molecule has 0 fully saturated rings. The van der Waals surface area contributed by atoms with Crippen LogP contribution in [-0.4, -0.2) is 57.4 Å². The molecule has 2 rings (SSSR count). The molecule has 2 aromatic carbocycles. The van der Waals surface area contributed by atoms with E-state index in [1.807, 2.05) is 38.4 Å². The molecule has 0 aliphatic rings. The van der Waals surface area contributed by atoms with E-state index in [1.165, 1.54) is 0 Å². The van der Waals surface area contributed by atoms with Crippen molar-refractivity contribution in [2.75, 3.05) is 27.2 Å². The minimum Gasteiger partial charge on any atom is -0.507 e. The lowest BCUT2D eigenvalue weighted by atomic mass is 10.1. The minimum absolute atomic E-state index is 0.154. The van der Waals surface area contributed by atoms with E-state index in [9.17, 15) is 20.4 Å². The molecule has 0 spiro atoms. The van der Waals surface area contributed by atoms with E-state index in [-0.39, 0.29) is 24.7 Å². The van der Waals surface area contributed by atoms with Gasteiger partial charge in [-0.15, -0.1) is 0 Å². The first-order valence-electron chi connectivity index (χ1n) is 8.64. The fourth-order valence-electron chi connectivity index (χ4n) is 2.88. The van der Waals surface area contributed by atoms with Gasteiger partial charge in [0.05, 0.1) is 13.2 Å². The zero-order chi connectivity index (χ0) is 19.1. The van der Waals surface area contributed by atoms with Gasteiger partial charge in [0.25, 0.3) is 0 Å². The fourth-order valence-corrected chi connectivity index (χ4v) is 2.88. The van der Waals surface area contributed by atoms with Gasteiger partial charge >= 0.3 is 0 Å². The average Bonchev–Trinajstić information content (AvgIpc) is 2.63. The molecule has 4 N–H and O–H groups in total. The van der Waals surface area contributed by atoms with Crippen LogP contribution in [-0.2, 0) is 26.3 Å². The van der Waals surface area contributed by atoms with Crippen molar-refractivity contribution in [3.05, 3.63) is 58.7 Å². The summed E-state index contributed by atoms with van der Waals surface area (Å²) in [6, 6.07) is 10.8. The van der Waals surface area contributed by atoms with E-state index in [2.05, 4.69) is 9.80 Å². The molecule has 142 valence electrons. The van der Waals surface area contributed by atoms with Crippen molar-refractivity contribution < 1.29 is 20.4 Å². The summed E-state index contributed by atoms with van der Waals surface area (Å²) in [6.07, 6.45) is 0. The van der Waals surface area contributed by atoms with Crippen molar-refractivity contribution in [2.24, 2.45) is 0 Å². The number of hydrogen-bond acceptors (Lipinski definition) is 6. The first-order valence-corrected chi connectivity index (χ1v) is 8.64. The second kappa shape index (κ2) is 9.54. The Morgan fingerprint density at radius 1 is 0.654 bits per heavy atom. The highest BCUT2D eigenvalue weighted by molar-refractivity contribution is 5.40. The molecule has 0 atom stereocenters.